The number of benzene rings is 4. The van der Waals surface area contributed by atoms with Crippen molar-refractivity contribution in [3.05, 3.63) is 84.4 Å². The van der Waals surface area contributed by atoms with Crippen LogP contribution in [0.2, 0.25) is 0 Å². The number of hydrogen-bond donors (Lipinski definition) is 0. The lowest BCUT2D eigenvalue weighted by atomic mass is 10.0. The van der Waals surface area contributed by atoms with Crippen molar-refractivity contribution < 1.29 is 13.4 Å². The van der Waals surface area contributed by atoms with E-state index in [0.717, 1.165) is 32.9 Å². The number of aryl methyl sites for hydroxylation is 2. The van der Waals surface area contributed by atoms with Crippen molar-refractivity contribution >= 4 is 54.7 Å². The van der Waals surface area contributed by atoms with Crippen LogP contribution < -0.4 is 4.57 Å². The Labute approximate surface area is 183 Å². The Morgan fingerprint density at radius 3 is 2.34 bits per heavy atom. The third kappa shape index (κ3) is 2.24. The molecule has 3 aromatic heterocycles. The van der Waals surface area contributed by atoms with Crippen LogP contribution in [0.3, 0.4) is 0 Å². The summed E-state index contributed by atoms with van der Waals surface area (Å²) in [4.78, 5) is 0. The molecule has 0 saturated heterocycles. The highest BCUT2D eigenvalue weighted by molar-refractivity contribution is 6.13. The molecule has 7 aromatic rings. The Morgan fingerprint density at radius 2 is 1.50 bits per heavy atom. The summed E-state index contributed by atoms with van der Waals surface area (Å²) < 4.78 is 16.4. The van der Waals surface area contributed by atoms with Crippen LogP contribution in [-0.2, 0) is 7.05 Å². The van der Waals surface area contributed by atoms with Crippen molar-refractivity contribution in [2.24, 2.45) is 7.05 Å². The third-order valence-corrected chi connectivity index (χ3v) is 6.86. The first-order chi connectivity index (χ1) is 15.6. The minimum Gasteiger partial charge on any atom is -0.464 e. The van der Waals surface area contributed by atoms with E-state index in [9.17, 15) is 0 Å². The SMILES string of the molecule is Cc1ccccc1-n1c(C)[n+](C)c2cc3cc4oc5cc6occc6cc5c4cc3cc21. The van der Waals surface area contributed by atoms with Crippen molar-refractivity contribution in [2.75, 3.05) is 0 Å². The largest absolute Gasteiger partial charge is 0.464 e. The second kappa shape index (κ2) is 6.01. The molecule has 7 rings (SSSR count). The highest BCUT2D eigenvalue weighted by atomic mass is 16.3. The van der Waals surface area contributed by atoms with E-state index >= 15 is 0 Å². The second-order valence-electron chi connectivity index (χ2n) is 8.67. The molecule has 0 bridgehead atoms. The van der Waals surface area contributed by atoms with Crippen LogP contribution in [0.4, 0.5) is 0 Å². The Morgan fingerprint density at radius 1 is 0.750 bits per heavy atom. The summed E-state index contributed by atoms with van der Waals surface area (Å²) in [5.41, 5.74) is 7.48. The van der Waals surface area contributed by atoms with E-state index < -0.39 is 0 Å². The van der Waals surface area contributed by atoms with Gasteiger partial charge in [0, 0.05) is 29.1 Å². The summed E-state index contributed by atoms with van der Waals surface area (Å²) in [5.74, 6) is 1.20. The smallest absolute Gasteiger partial charge is 0.259 e. The number of imidazole rings is 1. The Bertz CT molecular complexity index is 1860. The highest BCUT2D eigenvalue weighted by Crippen LogP contribution is 2.36. The van der Waals surface area contributed by atoms with Crippen LogP contribution in [-0.4, -0.2) is 4.57 Å². The van der Waals surface area contributed by atoms with Crippen LogP contribution in [0.5, 0.6) is 0 Å². The number of rotatable bonds is 1. The monoisotopic (exact) mass is 417 g/mol. The molecule has 0 fully saturated rings. The fourth-order valence-electron chi connectivity index (χ4n) is 5.07. The van der Waals surface area contributed by atoms with Crippen LogP contribution in [0.15, 0.2) is 81.8 Å². The van der Waals surface area contributed by atoms with E-state index in [1.807, 2.05) is 12.1 Å². The minimum atomic E-state index is 0.849. The lowest BCUT2D eigenvalue weighted by Gasteiger charge is -2.04. The molecule has 0 atom stereocenters. The van der Waals surface area contributed by atoms with Crippen molar-refractivity contribution in [1.82, 2.24) is 4.57 Å². The maximum Gasteiger partial charge on any atom is 0.259 e. The van der Waals surface area contributed by atoms with E-state index in [2.05, 4.69) is 84.6 Å². The molecule has 4 heteroatoms. The van der Waals surface area contributed by atoms with Crippen molar-refractivity contribution in [3.63, 3.8) is 0 Å². The van der Waals surface area contributed by atoms with Crippen molar-refractivity contribution in [2.45, 2.75) is 13.8 Å². The van der Waals surface area contributed by atoms with Crippen LogP contribution >= 0.6 is 0 Å². The maximum absolute atomic E-state index is 6.22. The standard InChI is InChI=1S/C28H21N2O2/c1-16-6-4-5-7-23(16)30-17(2)29(3)24-12-20-14-27-22(11-19(20)13-25(24)30)21-10-18-8-9-31-26(18)15-28(21)32-27/h4-15H,1-3H3/q+1. The number of furan rings is 2. The van der Waals surface area contributed by atoms with Gasteiger partial charge in [0.2, 0.25) is 0 Å². The molecular weight excluding hydrogens is 396 g/mol. The van der Waals surface area contributed by atoms with E-state index in [-0.39, 0.29) is 0 Å². The Kier molecular flexibility index (Phi) is 3.31. The molecule has 0 saturated carbocycles. The van der Waals surface area contributed by atoms with Crippen molar-refractivity contribution in [1.29, 1.82) is 0 Å². The zero-order chi connectivity index (χ0) is 21.6. The van der Waals surface area contributed by atoms with Gasteiger partial charge in [0.05, 0.1) is 13.3 Å². The quantitative estimate of drug-likeness (QED) is 0.273. The summed E-state index contributed by atoms with van der Waals surface area (Å²) in [6, 6.07) is 23.7. The van der Waals surface area contributed by atoms with Gasteiger partial charge in [0.1, 0.15) is 22.4 Å². The molecule has 32 heavy (non-hydrogen) atoms. The first-order valence-corrected chi connectivity index (χ1v) is 10.8. The first kappa shape index (κ1) is 17.6. The molecule has 0 radical (unpaired) electrons. The minimum absolute atomic E-state index is 0.849. The summed E-state index contributed by atoms with van der Waals surface area (Å²) in [6.45, 7) is 4.34. The van der Waals surface area contributed by atoms with Gasteiger partial charge in [-0.3, -0.25) is 0 Å². The molecule has 0 amide bonds. The van der Waals surface area contributed by atoms with Gasteiger partial charge in [0.15, 0.2) is 11.0 Å². The number of nitrogens with zero attached hydrogens (tertiary/aromatic N) is 2. The van der Waals surface area contributed by atoms with E-state index in [4.69, 9.17) is 8.83 Å². The molecule has 0 N–H and O–H groups in total. The van der Waals surface area contributed by atoms with E-state index in [0.29, 0.717) is 0 Å². The maximum atomic E-state index is 6.22. The van der Waals surface area contributed by atoms with Gasteiger partial charge in [-0.25, -0.2) is 4.57 Å². The molecule has 0 aliphatic heterocycles. The zero-order valence-electron chi connectivity index (χ0n) is 18.1. The molecule has 4 nitrogen and oxygen atoms in total. The Hall–Kier alpha value is -4.05. The van der Waals surface area contributed by atoms with E-state index in [1.54, 1.807) is 6.26 Å². The lowest BCUT2D eigenvalue weighted by Crippen LogP contribution is -2.30. The molecule has 3 heterocycles. The van der Waals surface area contributed by atoms with Gasteiger partial charge in [-0.15, -0.1) is 0 Å². The molecule has 0 aliphatic carbocycles. The van der Waals surface area contributed by atoms with Gasteiger partial charge in [-0.2, -0.15) is 4.57 Å². The van der Waals surface area contributed by atoms with Gasteiger partial charge in [-0.05, 0) is 65.7 Å². The average molecular weight is 417 g/mol. The summed E-state index contributed by atoms with van der Waals surface area (Å²) >= 11 is 0. The van der Waals surface area contributed by atoms with Gasteiger partial charge < -0.3 is 8.83 Å². The normalized spacial score (nSPS) is 12.2. The van der Waals surface area contributed by atoms with Gasteiger partial charge in [-0.1, -0.05) is 18.2 Å². The highest BCUT2D eigenvalue weighted by Gasteiger charge is 2.23. The summed E-state index contributed by atoms with van der Waals surface area (Å²) in [7, 11) is 2.13. The fraction of sp³-hybridized carbons (Fsp3) is 0.107. The van der Waals surface area contributed by atoms with E-state index in [1.165, 1.54) is 38.9 Å². The molecular formula is C28H21N2O2+. The predicted octanol–water partition coefficient (Wildman–Crippen LogP) is 6.87. The van der Waals surface area contributed by atoms with Crippen LogP contribution in [0.25, 0.3) is 60.4 Å². The van der Waals surface area contributed by atoms with Gasteiger partial charge in [0.25, 0.3) is 5.82 Å². The predicted molar refractivity (Wildman–Crippen MR) is 128 cm³/mol. The first-order valence-electron chi connectivity index (χ1n) is 10.8. The lowest BCUT2D eigenvalue weighted by molar-refractivity contribution is -0.652. The zero-order valence-corrected chi connectivity index (χ0v) is 18.1. The summed E-state index contributed by atoms with van der Waals surface area (Å²) in [6.07, 6.45) is 1.72. The number of fused-ring (bicyclic) bond motifs is 6. The second-order valence-corrected chi connectivity index (χ2v) is 8.67. The molecule has 4 aromatic carbocycles. The van der Waals surface area contributed by atoms with Crippen LogP contribution in [0, 0.1) is 13.8 Å². The molecule has 0 unspecified atom stereocenters. The number of para-hydroxylation sites is 1. The number of hydrogen-bond acceptors (Lipinski definition) is 2. The average Bonchev–Trinajstić information content (AvgIpc) is 3.45. The van der Waals surface area contributed by atoms with Crippen LogP contribution in [0.1, 0.15) is 11.4 Å². The van der Waals surface area contributed by atoms with Gasteiger partial charge >= 0.3 is 0 Å². The van der Waals surface area contributed by atoms with Crippen molar-refractivity contribution in [3.8, 4) is 5.69 Å². The fourth-order valence-corrected chi connectivity index (χ4v) is 5.07. The Balaban J connectivity index is 1.59. The molecule has 154 valence electrons. The molecule has 0 aliphatic rings. The third-order valence-electron chi connectivity index (χ3n) is 6.86. The summed E-state index contributed by atoms with van der Waals surface area (Å²) in [5, 5.41) is 5.71. The number of aromatic nitrogens is 2. The molecule has 0 spiro atoms. The topological polar surface area (TPSA) is 35.1 Å².